The number of nitrogens with one attached hydrogen (secondary N) is 1. The Bertz CT molecular complexity index is 449. The van der Waals surface area contributed by atoms with E-state index < -0.39 is 0 Å². The zero-order valence-electron chi connectivity index (χ0n) is 9.87. The van der Waals surface area contributed by atoms with Crippen LogP contribution < -0.4 is 10.2 Å². The van der Waals surface area contributed by atoms with Crippen molar-refractivity contribution in [1.29, 1.82) is 0 Å². The standard InChI is InChI=1S/C13H16N4/c1-10-2-3-13(15-6-10)17-5-4-12-11(8-17)7-14-9-16-12/h2-7,11-12,16H,8-9H2,1H3. The van der Waals surface area contributed by atoms with Crippen molar-refractivity contribution in [3.63, 3.8) is 0 Å². The predicted molar refractivity (Wildman–Crippen MR) is 69.2 cm³/mol. The third kappa shape index (κ3) is 2.08. The van der Waals surface area contributed by atoms with Crippen LogP contribution in [0.25, 0.3) is 0 Å². The molecule has 2 aliphatic rings. The Labute approximate surface area is 101 Å². The van der Waals surface area contributed by atoms with E-state index >= 15 is 0 Å². The Balaban J connectivity index is 1.82. The lowest BCUT2D eigenvalue weighted by molar-refractivity contribution is 0.472. The number of fused-ring (bicyclic) bond motifs is 1. The molecule has 2 unspecified atom stereocenters. The van der Waals surface area contributed by atoms with Crippen LogP contribution in [0.3, 0.4) is 0 Å². The second-order valence-corrected chi connectivity index (χ2v) is 4.57. The second kappa shape index (κ2) is 4.30. The molecule has 1 aromatic rings. The molecule has 0 saturated carbocycles. The van der Waals surface area contributed by atoms with Crippen LogP contribution in [0.5, 0.6) is 0 Å². The topological polar surface area (TPSA) is 40.5 Å². The SMILES string of the molecule is Cc1ccc(N2C=CC3NCN=CC3C2)nc1. The number of aromatic nitrogens is 1. The largest absolute Gasteiger partial charge is 0.333 e. The molecule has 1 N–H and O–H groups in total. The van der Waals surface area contributed by atoms with Crippen molar-refractivity contribution >= 4 is 12.0 Å². The van der Waals surface area contributed by atoms with E-state index in [1.807, 2.05) is 6.20 Å². The fraction of sp³-hybridized carbons (Fsp3) is 0.385. The number of nitrogens with zero attached hydrogens (tertiary/aromatic N) is 3. The van der Waals surface area contributed by atoms with Crippen LogP contribution in [-0.2, 0) is 0 Å². The van der Waals surface area contributed by atoms with Crippen LogP contribution in [0.1, 0.15) is 5.56 Å². The Morgan fingerprint density at radius 3 is 3.18 bits per heavy atom. The Morgan fingerprint density at radius 1 is 1.41 bits per heavy atom. The lowest BCUT2D eigenvalue weighted by Crippen LogP contribution is -2.47. The van der Waals surface area contributed by atoms with E-state index in [2.05, 4.69) is 57.7 Å². The van der Waals surface area contributed by atoms with Crippen molar-refractivity contribution in [2.75, 3.05) is 18.1 Å². The lowest BCUT2D eigenvalue weighted by Gasteiger charge is -2.34. The van der Waals surface area contributed by atoms with Crippen molar-refractivity contribution in [3.8, 4) is 0 Å². The molecule has 0 saturated heterocycles. The minimum absolute atomic E-state index is 0.425. The molecule has 1 aromatic heterocycles. The van der Waals surface area contributed by atoms with E-state index in [9.17, 15) is 0 Å². The van der Waals surface area contributed by atoms with E-state index in [-0.39, 0.29) is 0 Å². The monoisotopic (exact) mass is 228 g/mol. The van der Waals surface area contributed by atoms with Crippen LogP contribution in [-0.4, -0.2) is 30.5 Å². The van der Waals surface area contributed by atoms with Gasteiger partial charge in [0.15, 0.2) is 0 Å². The zero-order chi connectivity index (χ0) is 11.7. The first-order valence-electron chi connectivity index (χ1n) is 5.94. The van der Waals surface area contributed by atoms with Gasteiger partial charge in [0.05, 0.1) is 6.67 Å². The summed E-state index contributed by atoms with van der Waals surface area (Å²) in [6.45, 7) is 3.72. The number of aryl methyl sites for hydroxylation is 1. The molecule has 2 atom stereocenters. The molecule has 3 heterocycles. The molecule has 0 radical (unpaired) electrons. The van der Waals surface area contributed by atoms with Crippen molar-refractivity contribution in [2.24, 2.45) is 10.9 Å². The molecule has 0 spiro atoms. The summed E-state index contributed by atoms with van der Waals surface area (Å²) in [6, 6.07) is 4.58. The Kier molecular flexibility index (Phi) is 2.65. The fourth-order valence-electron chi connectivity index (χ4n) is 2.25. The molecular weight excluding hydrogens is 212 g/mol. The average Bonchev–Trinajstić information content (AvgIpc) is 2.39. The van der Waals surface area contributed by atoms with Crippen molar-refractivity contribution in [2.45, 2.75) is 13.0 Å². The normalized spacial score (nSPS) is 27.0. The molecule has 0 fully saturated rings. The van der Waals surface area contributed by atoms with Crippen LogP contribution in [0.2, 0.25) is 0 Å². The smallest absolute Gasteiger partial charge is 0.132 e. The molecule has 0 aromatic carbocycles. The van der Waals surface area contributed by atoms with Gasteiger partial charge in [-0.1, -0.05) is 12.1 Å². The molecule has 3 rings (SSSR count). The number of pyridine rings is 1. The van der Waals surface area contributed by atoms with Gasteiger partial charge in [0, 0.05) is 37.1 Å². The summed E-state index contributed by atoms with van der Waals surface area (Å²) in [5.41, 5.74) is 1.19. The average molecular weight is 228 g/mol. The van der Waals surface area contributed by atoms with E-state index in [0.29, 0.717) is 12.0 Å². The van der Waals surface area contributed by atoms with E-state index in [1.54, 1.807) is 0 Å². The first kappa shape index (κ1) is 10.5. The third-order valence-corrected chi connectivity index (χ3v) is 3.25. The van der Waals surface area contributed by atoms with Crippen LogP contribution in [0, 0.1) is 12.8 Å². The predicted octanol–water partition coefficient (Wildman–Crippen LogP) is 1.34. The number of hydrogen-bond acceptors (Lipinski definition) is 4. The summed E-state index contributed by atoms with van der Waals surface area (Å²) < 4.78 is 0. The number of aliphatic imine (C=N–C) groups is 1. The molecule has 4 nitrogen and oxygen atoms in total. The molecule has 17 heavy (non-hydrogen) atoms. The van der Waals surface area contributed by atoms with E-state index in [4.69, 9.17) is 0 Å². The molecule has 2 aliphatic heterocycles. The van der Waals surface area contributed by atoms with Gasteiger partial charge >= 0.3 is 0 Å². The molecule has 0 aliphatic carbocycles. The molecule has 4 heteroatoms. The van der Waals surface area contributed by atoms with Gasteiger partial charge < -0.3 is 4.90 Å². The summed E-state index contributed by atoms with van der Waals surface area (Å²) in [5.74, 6) is 1.45. The minimum atomic E-state index is 0.425. The van der Waals surface area contributed by atoms with Crippen LogP contribution in [0.4, 0.5) is 5.82 Å². The van der Waals surface area contributed by atoms with Crippen LogP contribution >= 0.6 is 0 Å². The summed E-state index contributed by atoms with van der Waals surface area (Å²) in [6.07, 6.45) is 8.28. The summed E-state index contributed by atoms with van der Waals surface area (Å²) in [4.78, 5) is 10.9. The maximum Gasteiger partial charge on any atom is 0.132 e. The second-order valence-electron chi connectivity index (χ2n) is 4.57. The summed E-state index contributed by atoms with van der Waals surface area (Å²) in [7, 11) is 0. The quantitative estimate of drug-likeness (QED) is 0.788. The Hall–Kier alpha value is -1.68. The number of hydrogen-bond donors (Lipinski definition) is 1. The third-order valence-electron chi connectivity index (χ3n) is 3.25. The summed E-state index contributed by atoms with van der Waals surface area (Å²) >= 11 is 0. The molecule has 88 valence electrons. The van der Waals surface area contributed by atoms with Gasteiger partial charge in [-0.05, 0) is 18.6 Å². The lowest BCUT2D eigenvalue weighted by atomic mass is 9.96. The van der Waals surface area contributed by atoms with Crippen molar-refractivity contribution in [3.05, 3.63) is 36.2 Å². The van der Waals surface area contributed by atoms with Gasteiger partial charge in [-0.15, -0.1) is 0 Å². The van der Waals surface area contributed by atoms with Gasteiger partial charge in [-0.2, -0.15) is 0 Å². The molecule has 0 amide bonds. The van der Waals surface area contributed by atoms with Crippen molar-refractivity contribution < 1.29 is 0 Å². The van der Waals surface area contributed by atoms with Crippen molar-refractivity contribution in [1.82, 2.24) is 10.3 Å². The first-order chi connectivity index (χ1) is 8.33. The molecule has 0 bridgehead atoms. The maximum absolute atomic E-state index is 4.45. The molecular formula is C13H16N4. The van der Waals surface area contributed by atoms with Gasteiger partial charge in [-0.3, -0.25) is 10.3 Å². The van der Waals surface area contributed by atoms with Gasteiger partial charge in [-0.25, -0.2) is 4.98 Å². The van der Waals surface area contributed by atoms with E-state index in [0.717, 1.165) is 19.0 Å². The zero-order valence-corrected chi connectivity index (χ0v) is 9.87. The highest BCUT2D eigenvalue weighted by molar-refractivity contribution is 5.66. The highest BCUT2D eigenvalue weighted by Crippen LogP contribution is 2.20. The first-order valence-corrected chi connectivity index (χ1v) is 5.94. The highest BCUT2D eigenvalue weighted by Gasteiger charge is 2.26. The maximum atomic E-state index is 4.45. The van der Waals surface area contributed by atoms with Gasteiger partial charge in [0.2, 0.25) is 0 Å². The van der Waals surface area contributed by atoms with E-state index in [1.165, 1.54) is 5.56 Å². The fourth-order valence-corrected chi connectivity index (χ4v) is 2.25. The number of rotatable bonds is 1. The van der Waals surface area contributed by atoms with Gasteiger partial charge in [0.25, 0.3) is 0 Å². The van der Waals surface area contributed by atoms with Crippen LogP contribution in [0.15, 0.2) is 35.6 Å². The van der Waals surface area contributed by atoms with Gasteiger partial charge in [0.1, 0.15) is 5.82 Å². The number of anilines is 1. The summed E-state index contributed by atoms with van der Waals surface area (Å²) in [5, 5.41) is 3.37. The highest BCUT2D eigenvalue weighted by atomic mass is 15.2. The minimum Gasteiger partial charge on any atom is -0.333 e. The Morgan fingerprint density at radius 2 is 2.35 bits per heavy atom.